The summed E-state index contributed by atoms with van der Waals surface area (Å²) in [4.78, 5) is 30.6. The Morgan fingerprint density at radius 1 is 1.32 bits per heavy atom. The number of rotatable bonds is 3. The highest BCUT2D eigenvalue weighted by Gasteiger charge is 2.55. The lowest BCUT2D eigenvalue weighted by atomic mass is 9.73. The van der Waals surface area contributed by atoms with Crippen LogP contribution in [0.1, 0.15) is 63.1 Å². The number of nitrogens with zero attached hydrogens (tertiary/aromatic N) is 3. The second kappa shape index (κ2) is 4.79. The number of imide groups is 1. The maximum atomic E-state index is 12.8. The average molecular weight is 304 g/mol. The van der Waals surface area contributed by atoms with E-state index in [-0.39, 0.29) is 24.4 Å². The number of aromatic nitrogens is 2. The summed E-state index contributed by atoms with van der Waals surface area (Å²) in [5.41, 5.74) is -0.728. The van der Waals surface area contributed by atoms with Crippen molar-refractivity contribution in [2.45, 2.75) is 63.5 Å². The summed E-state index contributed by atoms with van der Waals surface area (Å²) < 4.78 is 5.19. The molecule has 0 bridgehead atoms. The smallest absolute Gasteiger partial charge is 0.325 e. The summed E-state index contributed by atoms with van der Waals surface area (Å²) in [6.45, 7) is 2.11. The zero-order valence-corrected chi connectivity index (χ0v) is 12.7. The maximum Gasteiger partial charge on any atom is 0.325 e. The van der Waals surface area contributed by atoms with Crippen molar-refractivity contribution in [3.63, 3.8) is 0 Å². The Labute approximate surface area is 128 Å². The molecule has 1 spiro atoms. The third-order valence-corrected chi connectivity index (χ3v) is 5.22. The molecule has 3 amide bonds. The minimum atomic E-state index is -0.728. The van der Waals surface area contributed by atoms with E-state index in [0.717, 1.165) is 32.1 Å². The lowest BCUT2D eigenvalue weighted by Gasteiger charge is -2.36. The van der Waals surface area contributed by atoms with E-state index >= 15 is 0 Å². The molecule has 1 aromatic rings. The molecule has 2 atom stereocenters. The van der Waals surface area contributed by atoms with E-state index in [2.05, 4.69) is 15.5 Å². The van der Waals surface area contributed by atoms with Crippen LogP contribution in [0.15, 0.2) is 4.52 Å². The zero-order chi connectivity index (χ0) is 15.3. The summed E-state index contributed by atoms with van der Waals surface area (Å²) >= 11 is 0. The van der Waals surface area contributed by atoms with Crippen LogP contribution in [0.3, 0.4) is 0 Å². The van der Waals surface area contributed by atoms with Gasteiger partial charge in [0.1, 0.15) is 12.1 Å². The standard InChI is InChI=1S/C15H20N4O3/c1-9-4-2-3-7-15(9)13(20)19(14(21)17-15)8-11-16-12(18-22-11)10-5-6-10/h9-10H,2-8H2,1H3,(H,17,21)/t9-,15-/m1/s1. The van der Waals surface area contributed by atoms with Gasteiger partial charge in [0.05, 0.1) is 0 Å². The van der Waals surface area contributed by atoms with Crippen LogP contribution in [-0.4, -0.2) is 32.5 Å². The second-order valence-electron chi connectivity index (χ2n) is 6.76. The normalized spacial score (nSPS) is 31.9. The van der Waals surface area contributed by atoms with Gasteiger partial charge in [0, 0.05) is 5.92 Å². The van der Waals surface area contributed by atoms with E-state index < -0.39 is 5.54 Å². The van der Waals surface area contributed by atoms with Crippen molar-refractivity contribution in [2.75, 3.05) is 0 Å². The van der Waals surface area contributed by atoms with E-state index in [0.29, 0.717) is 24.1 Å². The largest absolute Gasteiger partial charge is 0.337 e. The molecule has 118 valence electrons. The number of carbonyl (C=O) groups is 2. The minimum Gasteiger partial charge on any atom is -0.337 e. The molecule has 4 rings (SSSR count). The number of urea groups is 1. The molecule has 1 saturated heterocycles. The SMILES string of the molecule is C[C@@H]1CCCC[C@@]12NC(=O)N(Cc1nc(C3CC3)no1)C2=O. The van der Waals surface area contributed by atoms with Crippen molar-refractivity contribution >= 4 is 11.9 Å². The Balaban J connectivity index is 1.53. The molecule has 0 radical (unpaired) electrons. The van der Waals surface area contributed by atoms with Gasteiger partial charge in [-0.15, -0.1) is 0 Å². The van der Waals surface area contributed by atoms with Crippen molar-refractivity contribution in [3.05, 3.63) is 11.7 Å². The van der Waals surface area contributed by atoms with Crippen molar-refractivity contribution in [1.82, 2.24) is 20.4 Å². The molecule has 22 heavy (non-hydrogen) atoms. The quantitative estimate of drug-likeness (QED) is 0.862. The number of nitrogens with one attached hydrogen (secondary N) is 1. The summed E-state index contributed by atoms with van der Waals surface area (Å²) in [6, 6.07) is -0.343. The summed E-state index contributed by atoms with van der Waals surface area (Å²) in [5, 5.41) is 6.86. The Morgan fingerprint density at radius 3 is 2.86 bits per heavy atom. The van der Waals surface area contributed by atoms with Crippen LogP contribution in [0.4, 0.5) is 4.79 Å². The van der Waals surface area contributed by atoms with Crippen molar-refractivity contribution in [2.24, 2.45) is 5.92 Å². The monoisotopic (exact) mass is 304 g/mol. The van der Waals surface area contributed by atoms with Crippen LogP contribution in [-0.2, 0) is 11.3 Å². The van der Waals surface area contributed by atoms with Gasteiger partial charge in [-0.1, -0.05) is 24.9 Å². The van der Waals surface area contributed by atoms with E-state index in [1.54, 1.807) is 0 Å². The second-order valence-corrected chi connectivity index (χ2v) is 6.76. The van der Waals surface area contributed by atoms with Gasteiger partial charge >= 0.3 is 6.03 Å². The van der Waals surface area contributed by atoms with Crippen LogP contribution in [0.25, 0.3) is 0 Å². The zero-order valence-electron chi connectivity index (χ0n) is 12.7. The van der Waals surface area contributed by atoms with Crippen molar-refractivity contribution < 1.29 is 14.1 Å². The molecule has 1 aromatic heterocycles. The number of hydrogen-bond acceptors (Lipinski definition) is 5. The van der Waals surface area contributed by atoms with Gasteiger partial charge in [-0.2, -0.15) is 4.98 Å². The third-order valence-electron chi connectivity index (χ3n) is 5.22. The first-order chi connectivity index (χ1) is 10.6. The highest BCUT2D eigenvalue weighted by atomic mass is 16.5. The average Bonchev–Trinajstić information content (AvgIpc) is 3.20. The van der Waals surface area contributed by atoms with Crippen molar-refractivity contribution in [3.8, 4) is 0 Å². The van der Waals surface area contributed by atoms with E-state index in [1.165, 1.54) is 4.90 Å². The van der Waals surface area contributed by atoms with E-state index in [4.69, 9.17) is 4.52 Å². The molecule has 2 heterocycles. The first-order valence-electron chi connectivity index (χ1n) is 8.07. The van der Waals surface area contributed by atoms with Gasteiger partial charge in [0.15, 0.2) is 5.82 Å². The molecule has 2 aliphatic carbocycles. The molecule has 3 aliphatic rings. The number of carbonyl (C=O) groups excluding carboxylic acids is 2. The number of amides is 3. The summed E-state index contributed by atoms with van der Waals surface area (Å²) in [6.07, 6.45) is 5.93. The third kappa shape index (κ3) is 2.02. The van der Waals surface area contributed by atoms with E-state index in [9.17, 15) is 9.59 Å². The topological polar surface area (TPSA) is 88.3 Å². The van der Waals surface area contributed by atoms with Gasteiger partial charge in [0.2, 0.25) is 5.89 Å². The molecule has 0 unspecified atom stereocenters. The highest BCUT2D eigenvalue weighted by Crippen LogP contribution is 2.39. The molecule has 3 fully saturated rings. The lowest BCUT2D eigenvalue weighted by molar-refractivity contribution is -0.134. The number of hydrogen-bond donors (Lipinski definition) is 1. The summed E-state index contributed by atoms with van der Waals surface area (Å²) in [7, 11) is 0. The Hall–Kier alpha value is -1.92. The van der Waals surface area contributed by atoms with Gasteiger partial charge in [-0.05, 0) is 31.6 Å². The molecule has 1 N–H and O–H groups in total. The van der Waals surface area contributed by atoms with Gasteiger partial charge in [-0.3, -0.25) is 9.69 Å². The molecule has 1 aliphatic heterocycles. The first kappa shape index (κ1) is 13.7. The molecule has 7 nitrogen and oxygen atoms in total. The fourth-order valence-electron chi connectivity index (χ4n) is 3.61. The molecule has 2 saturated carbocycles. The van der Waals surface area contributed by atoms with Crippen molar-refractivity contribution in [1.29, 1.82) is 0 Å². The fraction of sp³-hybridized carbons (Fsp3) is 0.733. The molecule has 0 aromatic carbocycles. The molecular formula is C15H20N4O3. The van der Waals surface area contributed by atoms with Crippen LogP contribution in [0.2, 0.25) is 0 Å². The summed E-state index contributed by atoms with van der Waals surface area (Å²) in [5.74, 6) is 1.45. The van der Waals surface area contributed by atoms with Gasteiger partial charge in [0.25, 0.3) is 5.91 Å². The minimum absolute atomic E-state index is 0.0683. The Bertz CT molecular complexity index is 624. The van der Waals surface area contributed by atoms with Crippen LogP contribution in [0.5, 0.6) is 0 Å². The molecule has 7 heteroatoms. The maximum absolute atomic E-state index is 12.8. The van der Waals surface area contributed by atoms with Gasteiger partial charge in [-0.25, -0.2) is 4.79 Å². The fourth-order valence-corrected chi connectivity index (χ4v) is 3.61. The Morgan fingerprint density at radius 2 is 2.14 bits per heavy atom. The predicted molar refractivity (Wildman–Crippen MR) is 75.7 cm³/mol. The van der Waals surface area contributed by atoms with E-state index in [1.807, 2.05) is 6.92 Å². The molecular weight excluding hydrogens is 284 g/mol. The highest BCUT2D eigenvalue weighted by molar-refractivity contribution is 6.07. The first-order valence-corrected chi connectivity index (χ1v) is 8.07. The predicted octanol–water partition coefficient (Wildman–Crippen LogP) is 1.95. The lowest BCUT2D eigenvalue weighted by Crippen LogP contribution is -2.53. The Kier molecular flexibility index (Phi) is 2.99. The van der Waals surface area contributed by atoms with Crippen LogP contribution in [0, 0.1) is 5.92 Å². The van der Waals surface area contributed by atoms with Crippen LogP contribution < -0.4 is 5.32 Å². The van der Waals surface area contributed by atoms with Gasteiger partial charge < -0.3 is 9.84 Å². The van der Waals surface area contributed by atoms with Crippen LogP contribution >= 0.6 is 0 Å².